The summed E-state index contributed by atoms with van der Waals surface area (Å²) in [6.07, 6.45) is -2.47. The molecular weight excluding hydrogens is 214 g/mol. The van der Waals surface area contributed by atoms with Crippen LogP contribution in [0.4, 0.5) is 0 Å². The normalized spacial score (nSPS) is 14.7. The number of aromatic hydroxyl groups is 3. The summed E-state index contributed by atoms with van der Waals surface area (Å²) in [6, 6.07) is 2.35. The summed E-state index contributed by atoms with van der Waals surface area (Å²) in [6.45, 7) is 0.127. The first-order valence-electron chi connectivity index (χ1n) is 4.73. The summed E-state index contributed by atoms with van der Waals surface area (Å²) < 4.78 is 0. The van der Waals surface area contributed by atoms with E-state index in [-0.39, 0.29) is 12.1 Å². The lowest BCUT2D eigenvalue weighted by Crippen LogP contribution is -2.29. The van der Waals surface area contributed by atoms with Crippen LogP contribution < -0.4 is 5.32 Å². The molecule has 0 amide bonds. The van der Waals surface area contributed by atoms with E-state index in [1.807, 2.05) is 0 Å². The molecule has 1 aromatic carbocycles. The lowest BCUT2D eigenvalue weighted by atomic mass is 10.0. The van der Waals surface area contributed by atoms with Crippen LogP contribution in [-0.2, 0) is 0 Å². The van der Waals surface area contributed by atoms with Crippen LogP contribution in [0.2, 0.25) is 0 Å². The third kappa shape index (κ3) is 2.35. The van der Waals surface area contributed by atoms with Gasteiger partial charge in [0.25, 0.3) is 0 Å². The molecule has 0 spiro atoms. The number of rotatable bonds is 4. The third-order valence-corrected chi connectivity index (χ3v) is 2.26. The van der Waals surface area contributed by atoms with Crippen LogP contribution in [0.25, 0.3) is 0 Å². The van der Waals surface area contributed by atoms with Gasteiger partial charge in [0.1, 0.15) is 6.10 Å². The lowest BCUT2D eigenvalue weighted by Gasteiger charge is -2.19. The van der Waals surface area contributed by atoms with E-state index in [1.165, 1.54) is 6.07 Å². The summed E-state index contributed by atoms with van der Waals surface area (Å²) in [5.41, 5.74) is -0.0435. The summed E-state index contributed by atoms with van der Waals surface area (Å²) in [5, 5.41) is 49.6. The molecule has 16 heavy (non-hydrogen) atoms. The number of phenols is 3. The number of phenolic OH excluding ortho intramolecular Hbond substituents is 3. The second kappa shape index (κ2) is 5.02. The quantitative estimate of drug-likeness (QED) is 0.385. The zero-order valence-corrected chi connectivity index (χ0v) is 8.75. The maximum absolute atomic E-state index is 9.67. The average molecular weight is 229 g/mol. The Hall–Kier alpha value is -1.50. The van der Waals surface area contributed by atoms with Crippen molar-refractivity contribution in [1.82, 2.24) is 5.32 Å². The fraction of sp³-hybridized carbons (Fsp3) is 0.400. The molecular formula is C10H15NO5. The van der Waals surface area contributed by atoms with Gasteiger partial charge in [0.05, 0.1) is 6.10 Å². The van der Waals surface area contributed by atoms with Gasteiger partial charge in [-0.05, 0) is 19.2 Å². The highest BCUT2D eigenvalue weighted by molar-refractivity contribution is 5.53. The van der Waals surface area contributed by atoms with E-state index in [4.69, 9.17) is 5.11 Å². The standard InChI is InChI=1S/C10H15NO5/c1-11-4-7(13)8(14)5-2-3-6(12)10(16)9(5)15/h2-3,7-8,11-16H,4H2,1H3. The van der Waals surface area contributed by atoms with Crippen molar-refractivity contribution in [3.8, 4) is 17.2 Å². The molecule has 6 nitrogen and oxygen atoms in total. The second-order valence-corrected chi connectivity index (χ2v) is 3.44. The minimum atomic E-state index is -1.35. The van der Waals surface area contributed by atoms with Crippen molar-refractivity contribution in [2.75, 3.05) is 13.6 Å². The highest BCUT2D eigenvalue weighted by Gasteiger charge is 2.23. The minimum Gasteiger partial charge on any atom is -0.504 e. The van der Waals surface area contributed by atoms with E-state index in [0.29, 0.717) is 0 Å². The van der Waals surface area contributed by atoms with Gasteiger partial charge >= 0.3 is 0 Å². The maximum Gasteiger partial charge on any atom is 0.200 e. The van der Waals surface area contributed by atoms with Crippen LogP contribution in [0, 0.1) is 0 Å². The predicted molar refractivity (Wildman–Crippen MR) is 56.3 cm³/mol. The average Bonchev–Trinajstić information content (AvgIpc) is 2.26. The van der Waals surface area contributed by atoms with Gasteiger partial charge in [-0.2, -0.15) is 0 Å². The Morgan fingerprint density at radius 1 is 1.12 bits per heavy atom. The molecule has 0 aliphatic carbocycles. The molecule has 0 bridgehead atoms. The number of likely N-dealkylation sites (N-methyl/N-ethyl adjacent to an activating group) is 1. The number of hydrogen-bond acceptors (Lipinski definition) is 6. The molecule has 0 aromatic heterocycles. The summed E-state index contributed by atoms with van der Waals surface area (Å²) in [7, 11) is 1.60. The molecule has 0 heterocycles. The van der Waals surface area contributed by atoms with E-state index >= 15 is 0 Å². The largest absolute Gasteiger partial charge is 0.504 e. The van der Waals surface area contributed by atoms with Crippen LogP contribution in [0.15, 0.2) is 12.1 Å². The number of hydrogen-bond donors (Lipinski definition) is 6. The Morgan fingerprint density at radius 3 is 2.31 bits per heavy atom. The van der Waals surface area contributed by atoms with E-state index < -0.39 is 29.5 Å². The molecule has 0 aliphatic heterocycles. The van der Waals surface area contributed by atoms with E-state index in [2.05, 4.69) is 5.32 Å². The molecule has 90 valence electrons. The molecule has 6 heteroatoms. The fourth-order valence-corrected chi connectivity index (χ4v) is 1.35. The molecule has 6 N–H and O–H groups in total. The smallest absolute Gasteiger partial charge is 0.200 e. The lowest BCUT2D eigenvalue weighted by molar-refractivity contribution is 0.0187. The number of aliphatic hydroxyl groups is 2. The van der Waals surface area contributed by atoms with Crippen LogP contribution in [0.3, 0.4) is 0 Å². The van der Waals surface area contributed by atoms with Crippen molar-refractivity contribution in [2.24, 2.45) is 0 Å². The molecule has 0 aliphatic rings. The van der Waals surface area contributed by atoms with Crippen molar-refractivity contribution in [2.45, 2.75) is 12.2 Å². The Morgan fingerprint density at radius 2 is 1.75 bits per heavy atom. The number of nitrogens with one attached hydrogen (secondary N) is 1. The monoisotopic (exact) mass is 229 g/mol. The predicted octanol–water partition coefficient (Wildman–Crippen LogP) is -0.583. The number of benzene rings is 1. The summed E-state index contributed by atoms with van der Waals surface area (Å²) in [5.74, 6) is -1.84. The van der Waals surface area contributed by atoms with Gasteiger partial charge in [-0.15, -0.1) is 0 Å². The van der Waals surface area contributed by atoms with Gasteiger partial charge in [-0.25, -0.2) is 0 Å². The molecule has 0 fully saturated rings. The first-order chi connectivity index (χ1) is 7.49. The summed E-state index contributed by atoms with van der Waals surface area (Å²) >= 11 is 0. The zero-order valence-electron chi connectivity index (χ0n) is 8.75. The summed E-state index contributed by atoms with van der Waals surface area (Å²) in [4.78, 5) is 0. The van der Waals surface area contributed by atoms with Gasteiger partial charge in [0, 0.05) is 12.1 Å². The molecule has 1 rings (SSSR count). The maximum atomic E-state index is 9.67. The molecule has 1 aromatic rings. The van der Waals surface area contributed by atoms with Crippen LogP contribution in [0.5, 0.6) is 17.2 Å². The molecule has 0 saturated carbocycles. The van der Waals surface area contributed by atoms with Gasteiger partial charge in [-0.1, -0.05) is 0 Å². The topological polar surface area (TPSA) is 113 Å². The first kappa shape index (κ1) is 12.6. The van der Waals surface area contributed by atoms with Crippen molar-refractivity contribution >= 4 is 0 Å². The fourth-order valence-electron chi connectivity index (χ4n) is 1.35. The van der Waals surface area contributed by atoms with Crippen molar-refractivity contribution in [1.29, 1.82) is 0 Å². The highest BCUT2D eigenvalue weighted by Crippen LogP contribution is 2.40. The highest BCUT2D eigenvalue weighted by atomic mass is 16.3. The number of aliphatic hydroxyl groups excluding tert-OH is 2. The third-order valence-electron chi connectivity index (χ3n) is 2.26. The Bertz CT molecular complexity index is 368. The van der Waals surface area contributed by atoms with Gasteiger partial charge in [0.2, 0.25) is 5.75 Å². The minimum absolute atomic E-state index is 0.0435. The van der Waals surface area contributed by atoms with Crippen molar-refractivity contribution in [3.05, 3.63) is 17.7 Å². The Kier molecular flexibility index (Phi) is 3.94. The molecule has 2 atom stereocenters. The SMILES string of the molecule is CNCC(O)C(O)c1ccc(O)c(O)c1O. The van der Waals surface area contributed by atoms with Crippen LogP contribution in [0.1, 0.15) is 11.7 Å². The second-order valence-electron chi connectivity index (χ2n) is 3.44. The molecule has 0 saturated heterocycles. The van der Waals surface area contributed by atoms with E-state index in [9.17, 15) is 20.4 Å². The van der Waals surface area contributed by atoms with Gasteiger partial charge in [-0.3, -0.25) is 0 Å². The van der Waals surface area contributed by atoms with E-state index in [1.54, 1.807) is 7.05 Å². The molecule has 0 radical (unpaired) electrons. The van der Waals surface area contributed by atoms with Gasteiger partial charge in [0.15, 0.2) is 11.5 Å². The van der Waals surface area contributed by atoms with Crippen molar-refractivity contribution in [3.63, 3.8) is 0 Å². The zero-order chi connectivity index (χ0) is 12.3. The van der Waals surface area contributed by atoms with E-state index in [0.717, 1.165) is 6.07 Å². The van der Waals surface area contributed by atoms with Crippen LogP contribution in [-0.4, -0.2) is 45.2 Å². The first-order valence-corrected chi connectivity index (χ1v) is 4.73. The Labute approximate surface area is 92.4 Å². The van der Waals surface area contributed by atoms with Crippen LogP contribution >= 0.6 is 0 Å². The van der Waals surface area contributed by atoms with Crippen molar-refractivity contribution < 1.29 is 25.5 Å². The van der Waals surface area contributed by atoms with Gasteiger partial charge < -0.3 is 30.8 Å². The molecule has 2 unspecified atom stereocenters. The Balaban J connectivity index is 3.00.